The maximum Gasteiger partial charge on any atom is 0.0916 e. The summed E-state index contributed by atoms with van der Waals surface area (Å²) >= 11 is 0. The molecule has 17 heavy (non-hydrogen) atoms. The van der Waals surface area contributed by atoms with Crippen molar-refractivity contribution >= 4 is 10.7 Å². The van der Waals surface area contributed by atoms with Crippen molar-refractivity contribution < 1.29 is 0 Å². The molecule has 2 nitrogen and oxygen atoms in total. The molecule has 0 saturated carbocycles. The number of hydrogen-bond acceptors (Lipinski definition) is 2. The minimum atomic E-state index is -0.361. The van der Waals surface area contributed by atoms with E-state index < -0.39 is 0 Å². The number of allylic oxidation sites excluding steroid dienone is 1. The summed E-state index contributed by atoms with van der Waals surface area (Å²) in [6.45, 7) is 7.47. The van der Waals surface area contributed by atoms with Crippen molar-refractivity contribution in [2.45, 2.75) is 32.7 Å². The van der Waals surface area contributed by atoms with Crippen molar-refractivity contribution in [2.75, 3.05) is 0 Å². The van der Waals surface area contributed by atoms with Gasteiger partial charge in [0.2, 0.25) is 0 Å². The van der Waals surface area contributed by atoms with E-state index in [9.17, 15) is 0 Å². The molecule has 1 aromatic carbocycles. The van der Waals surface area contributed by atoms with Crippen LogP contribution < -0.4 is 0 Å². The first-order chi connectivity index (χ1) is 8.09. The summed E-state index contributed by atoms with van der Waals surface area (Å²) < 4.78 is 8.16. The fourth-order valence-corrected chi connectivity index (χ4v) is 4.05. The lowest BCUT2D eigenvalue weighted by Crippen LogP contribution is -2.35. The fraction of sp³-hybridized carbons (Fsp3) is 0.429. The van der Waals surface area contributed by atoms with E-state index >= 15 is 0 Å². The average molecular weight is 248 g/mol. The van der Waals surface area contributed by atoms with Crippen LogP contribution >= 0.6 is 0 Å². The van der Waals surface area contributed by atoms with Gasteiger partial charge in [-0.3, -0.25) is 4.78 Å². The second-order valence-electron chi connectivity index (χ2n) is 4.88. The molecule has 0 spiro atoms. The van der Waals surface area contributed by atoms with Gasteiger partial charge >= 0.3 is 0 Å². The van der Waals surface area contributed by atoms with Gasteiger partial charge < -0.3 is 4.90 Å². The normalized spacial score (nSPS) is 24.2. The van der Waals surface area contributed by atoms with Gasteiger partial charge in [0.15, 0.2) is 0 Å². The van der Waals surface area contributed by atoms with Gasteiger partial charge in [-0.15, -0.1) is 0 Å². The van der Waals surface area contributed by atoms with Gasteiger partial charge in [0.25, 0.3) is 0 Å². The molecule has 0 bridgehead atoms. The Balaban J connectivity index is 2.19. The van der Waals surface area contributed by atoms with E-state index in [1.165, 1.54) is 11.3 Å². The molecule has 1 N–H and O–H groups in total. The third kappa shape index (κ3) is 2.60. The second kappa shape index (κ2) is 5.05. The lowest BCUT2D eigenvalue weighted by Gasteiger charge is -2.31. The van der Waals surface area contributed by atoms with Gasteiger partial charge in [-0.1, -0.05) is 54.9 Å². The highest BCUT2D eigenvalue weighted by atomic mass is 32.2. The molecular weight excluding hydrogens is 228 g/mol. The van der Waals surface area contributed by atoms with Crippen molar-refractivity contribution in [3.05, 3.63) is 47.0 Å². The van der Waals surface area contributed by atoms with Gasteiger partial charge in [0.05, 0.1) is 5.37 Å². The number of rotatable bonds is 3. The Morgan fingerprint density at radius 1 is 1.29 bits per heavy atom. The Morgan fingerprint density at radius 3 is 2.53 bits per heavy atom. The van der Waals surface area contributed by atoms with E-state index in [-0.39, 0.29) is 10.7 Å². The molecule has 2 unspecified atom stereocenters. The van der Waals surface area contributed by atoms with Gasteiger partial charge in [-0.2, -0.15) is 0 Å². The quantitative estimate of drug-likeness (QED) is 0.867. The van der Waals surface area contributed by atoms with Crippen LogP contribution in [0.25, 0.3) is 0 Å². The molecule has 0 fully saturated rings. The van der Waals surface area contributed by atoms with E-state index in [1.807, 2.05) is 6.07 Å². The molecule has 1 aliphatic heterocycles. The molecular formula is C14H20N2S. The maximum atomic E-state index is 8.16. The van der Waals surface area contributed by atoms with Crippen LogP contribution in [0.2, 0.25) is 0 Å². The first-order valence-corrected chi connectivity index (χ1v) is 7.37. The molecule has 0 saturated heterocycles. The molecule has 0 amide bonds. The van der Waals surface area contributed by atoms with Crippen LogP contribution in [-0.2, 0) is 17.2 Å². The van der Waals surface area contributed by atoms with Crippen LogP contribution in [0, 0.1) is 10.7 Å². The summed E-state index contributed by atoms with van der Waals surface area (Å²) in [5.41, 5.74) is 2.58. The summed E-state index contributed by atoms with van der Waals surface area (Å²) in [6, 6.07) is 10.5. The van der Waals surface area contributed by atoms with Crippen molar-refractivity contribution in [1.29, 1.82) is 4.78 Å². The zero-order valence-corrected chi connectivity index (χ0v) is 11.5. The topological polar surface area (TPSA) is 27.1 Å². The van der Waals surface area contributed by atoms with Crippen molar-refractivity contribution in [2.24, 2.45) is 5.92 Å². The lowest BCUT2D eigenvalue weighted by atomic mass is 10.1. The van der Waals surface area contributed by atoms with Crippen LogP contribution in [0.15, 0.2) is 41.4 Å². The summed E-state index contributed by atoms with van der Waals surface area (Å²) in [6.07, 6.45) is 0. The molecule has 92 valence electrons. The van der Waals surface area contributed by atoms with Crippen LogP contribution in [-0.4, -0.2) is 10.3 Å². The molecule has 1 aromatic rings. The predicted molar refractivity (Wildman–Crippen MR) is 74.5 cm³/mol. The predicted octanol–water partition coefficient (Wildman–Crippen LogP) is 3.73. The molecule has 0 aliphatic carbocycles. The largest absolute Gasteiger partial charge is 0.357 e. The maximum absolute atomic E-state index is 8.16. The summed E-state index contributed by atoms with van der Waals surface area (Å²) in [5.74, 6) is 0.522. The SMILES string of the molecule is CC1=CS(=N)C(C(C)C)N1Cc1ccccc1. The number of hydrogen-bond donors (Lipinski definition) is 1. The summed E-state index contributed by atoms with van der Waals surface area (Å²) in [7, 11) is -0.361. The zero-order valence-electron chi connectivity index (χ0n) is 10.7. The number of nitrogens with zero attached hydrogens (tertiary/aromatic N) is 1. The van der Waals surface area contributed by atoms with Gasteiger partial charge in [-0.05, 0) is 18.4 Å². The Morgan fingerprint density at radius 2 is 1.94 bits per heavy atom. The first kappa shape index (κ1) is 12.4. The highest BCUT2D eigenvalue weighted by molar-refractivity contribution is 7.89. The molecule has 2 rings (SSSR count). The second-order valence-corrected chi connectivity index (χ2v) is 6.34. The minimum absolute atomic E-state index is 0.343. The highest BCUT2D eigenvalue weighted by Gasteiger charge is 2.29. The Bertz CT molecular complexity index is 437. The van der Waals surface area contributed by atoms with Crippen LogP contribution in [0.1, 0.15) is 26.3 Å². The Kier molecular flexibility index (Phi) is 3.67. The summed E-state index contributed by atoms with van der Waals surface area (Å²) in [5, 5.41) is 2.45. The van der Waals surface area contributed by atoms with Gasteiger partial charge in [-0.25, -0.2) is 0 Å². The molecule has 1 aliphatic rings. The Labute approximate surface area is 106 Å². The highest BCUT2D eigenvalue weighted by Crippen LogP contribution is 2.29. The van der Waals surface area contributed by atoms with E-state index in [0.717, 1.165) is 6.54 Å². The smallest absolute Gasteiger partial charge is 0.0916 e. The van der Waals surface area contributed by atoms with Crippen LogP contribution in [0.5, 0.6) is 0 Å². The standard InChI is InChI=1S/C14H20N2S/c1-11(2)14-16(12(3)10-17(14)15)9-13-7-5-4-6-8-13/h4-8,10-11,14-15H,9H2,1-3H3. The van der Waals surface area contributed by atoms with Crippen molar-refractivity contribution in [3.63, 3.8) is 0 Å². The lowest BCUT2D eigenvalue weighted by molar-refractivity contribution is 0.275. The molecule has 3 heteroatoms. The van der Waals surface area contributed by atoms with Gasteiger partial charge in [0.1, 0.15) is 0 Å². The molecule has 0 radical (unpaired) electrons. The molecule has 2 atom stereocenters. The molecule has 0 aromatic heterocycles. The van der Waals surface area contributed by atoms with E-state index in [4.69, 9.17) is 4.78 Å². The Hall–Kier alpha value is -1.09. The van der Waals surface area contributed by atoms with E-state index in [2.05, 4.69) is 55.3 Å². The number of nitrogens with one attached hydrogen (secondary N) is 1. The monoisotopic (exact) mass is 248 g/mol. The fourth-order valence-electron chi connectivity index (χ4n) is 2.31. The first-order valence-electron chi connectivity index (χ1n) is 6.01. The minimum Gasteiger partial charge on any atom is -0.357 e. The number of benzene rings is 1. The van der Waals surface area contributed by atoms with Crippen molar-refractivity contribution in [1.82, 2.24) is 4.90 Å². The average Bonchev–Trinajstić information content (AvgIpc) is 2.55. The molecule has 1 heterocycles. The third-order valence-corrected chi connectivity index (χ3v) is 5.00. The van der Waals surface area contributed by atoms with E-state index in [1.54, 1.807) is 0 Å². The van der Waals surface area contributed by atoms with Crippen molar-refractivity contribution in [3.8, 4) is 0 Å². The zero-order chi connectivity index (χ0) is 12.4. The third-order valence-electron chi connectivity index (χ3n) is 3.08. The van der Waals surface area contributed by atoms with Gasteiger partial charge in [0, 0.05) is 17.6 Å². The van der Waals surface area contributed by atoms with Crippen LogP contribution in [0.3, 0.4) is 0 Å². The van der Waals surface area contributed by atoms with Crippen LogP contribution in [0.4, 0.5) is 0 Å². The summed E-state index contributed by atoms with van der Waals surface area (Å²) in [4.78, 5) is 2.39. The van der Waals surface area contributed by atoms with E-state index in [0.29, 0.717) is 11.3 Å².